The maximum absolute atomic E-state index is 13.2. The molecule has 0 spiro atoms. The summed E-state index contributed by atoms with van der Waals surface area (Å²) < 4.78 is 80.8. The zero-order valence-corrected chi connectivity index (χ0v) is 21.8. The van der Waals surface area contributed by atoms with E-state index in [0.29, 0.717) is 33.8 Å². The van der Waals surface area contributed by atoms with E-state index in [1.807, 2.05) is 30.3 Å². The third-order valence-corrected chi connectivity index (χ3v) is 6.87. The van der Waals surface area contributed by atoms with Crippen molar-refractivity contribution >= 4 is 40.9 Å². The van der Waals surface area contributed by atoms with Crippen LogP contribution in [0.25, 0.3) is 5.69 Å². The minimum atomic E-state index is -5.09. The molecule has 4 rings (SSSR count). The van der Waals surface area contributed by atoms with Crippen molar-refractivity contribution < 1.29 is 31.1 Å². The van der Waals surface area contributed by atoms with Gasteiger partial charge in [0.25, 0.3) is 5.91 Å². The molecule has 0 aliphatic carbocycles. The molecule has 0 radical (unpaired) electrons. The van der Waals surface area contributed by atoms with Crippen molar-refractivity contribution in [3.05, 3.63) is 105 Å². The van der Waals surface area contributed by atoms with Gasteiger partial charge >= 0.3 is 12.4 Å². The quantitative estimate of drug-likeness (QED) is 0.172. The summed E-state index contributed by atoms with van der Waals surface area (Å²) in [5, 5.41) is 11.5. The van der Waals surface area contributed by atoms with E-state index in [9.17, 15) is 31.1 Å². The standard InChI is InChI=1S/C25H16Cl2F6N4OS/c26-18-6-7-19(27)20(11-18)37-21(35-36-23(37)39-13-14-4-2-1-3-5-14)12-34-22(38)15-8-16(24(28,29)30)10-17(9-15)25(31,32)33/h1-11H,12-13H2,(H,34,38). The molecule has 0 aliphatic heterocycles. The molecule has 4 aromatic rings. The molecule has 14 heteroatoms. The lowest BCUT2D eigenvalue weighted by Crippen LogP contribution is -2.26. The minimum absolute atomic E-state index is 0.0508. The number of benzene rings is 3. The lowest BCUT2D eigenvalue weighted by molar-refractivity contribution is -0.143. The number of hydrogen-bond donors (Lipinski definition) is 1. The first-order valence-corrected chi connectivity index (χ1v) is 12.7. The molecule has 0 atom stereocenters. The first kappa shape index (κ1) is 28.8. The number of amides is 1. The van der Waals surface area contributed by atoms with Crippen LogP contribution in [0, 0.1) is 0 Å². The number of carbonyl (C=O) groups is 1. The number of halogens is 8. The Morgan fingerprint density at radius 2 is 1.51 bits per heavy atom. The summed E-state index contributed by atoms with van der Waals surface area (Å²) in [4.78, 5) is 12.7. The molecule has 1 heterocycles. The monoisotopic (exact) mass is 604 g/mol. The molecule has 0 unspecified atom stereocenters. The Bertz CT molecular complexity index is 1460. The summed E-state index contributed by atoms with van der Waals surface area (Å²) in [5.41, 5.74) is -2.67. The molecular formula is C25H16Cl2F6N4OS. The topological polar surface area (TPSA) is 59.8 Å². The average Bonchev–Trinajstić information content (AvgIpc) is 3.29. The lowest BCUT2D eigenvalue weighted by Gasteiger charge is -2.15. The molecule has 0 saturated carbocycles. The molecule has 1 aromatic heterocycles. The highest BCUT2D eigenvalue weighted by Crippen LogP contribution is 2.36. The number of nitrogens with one attached hydrogen (secondary N) is 1. The van der Waals surface area contributed by atoms with E-state index < -0.39 is 41.5 Å². The van der Waals surface area contributed by atoms with Gasteiger partial charge in [-0.2, -0.15) is 26.3 Å². The van der Waals surface area contributed by atoms with Gasteiger partial charge in [-0.3, -0.25) is 9.36 Å². The molecule has 0 saturated heterocycles. The van der Waals surface area contributed by atoms with E-state index in [2.05, 4.69) is 15.5 Å². The molecule has 0 fully saturated rings. The Morgan fingerprint density at radius 1 is 0.872 bits per heavy atom. The highest BCUT2D eigenvalue weighted by molar-refractivity contribution is 7.98. The predicted octanol–water partition coefficient (Wildman–Crippen LogP) is 7.83. The zero-order chi connectivity index (χ0) is 28.4. The van der Waals surface area contributed by atoms with Crippen LogP contribution in [0.3, 0.4) is 0 Å². The Morgan fingerprint density at radius 3 is 2.13 bits per heavy atom. The van der Waals surface area contributed by atoms with Gasteiger partial charge in [-0.25, -0.2) is 0 Å². The number of thioether (sulfide) groups is 1. The Hall–Kier alpha value is -3.22. The van der Waals surface area contributed by atoms with Crippen LogP contribution < -0.4 is 5.32 Å². The Labute approximate surface area is 232 Å². The number of rotatable bonds is 7. The number of carbonyl (C=O) groups excluding carboxylic acids is 1. The fourth-order valence-electron chi connectivity index (χ4n) is 3.48. The summed E-state index contributed by atoms with van der Waals surface area (Å²) >= 11 is 13.8. The summed E-state index contributed by atoms with van der Waals surface area (Å²) in [5.74, 6) is -0.559. The maximum Gasteiger partial charge on any atom is 0.416 e. The van der Waals surface area contributed by atoms with E-state index in [0.717, 1.165) is 5.56 Å². The van der Waals surface area contributed by atoms with Gasteiger partial charge in [0.05, 0.1) is 28.4 Å². The van der Waals surface area contributed by atoms with Crippen LogP contribution in [0.5, 0.6) is 0 Å². The van der Waals surface area contributed by atoms with E-state index in [1.54, 1.807) is 6.07 Å². The fraction of sp³-hybridized carbons (Fsp3) is 0.160. The molecule has 5 nitrogen and oxygen atoms in total. The summed E-state index contributed by atoms with van der Waals surface area (Å²) in [7, 11) is 0. The van der Waals surface area contributed by atoms with Gasteiger partial charge in [0, 0.05) is 16.3 Å². The minimum Gasteiger partial charge on any atom is -0.345 e. The van der Waals surface area contributed by atoms with Gasteiger partial charge in [0.1, 0.15) is 0 Å². The first-order chi connectivity index (χ1) is 18.3. The highest BCUT2D eigenvalue weighted by Gasteiger charge is 2.37. The van der Waals surface area contributed by atoms with Crippen molar-refractivity contribution in [3.63, 3.8) is 0 Å². The van der Waals surface area contributed by atoms with Crippen LogP contribution in [0.15, 0.2) is 71.9 Å². The summed E-state index contributed by atoms with van der Waals surface area (Å²) in [6, 6.07) is 14.7. The Kier molecular flexibility index (Phi) is 8.48. The second kappa shape index (κ2) is 11.5. The van der Waals surface area contributed by atoms with E-state index in [4.69, 9.17) is 23.2 Å². The zero-order valence-electron chi connectivity index (χ0n) is 19.4. The van der Waals surface area contributed by atoms with Gasteiger partial charge in [-0.05, 0) is 42.0 Å². The highest BCUT2D eigenvalue weighted by atomic mass is 35.5. The molecule has 39 heavy (non-hydrogen) atoms. The fourth-order valence-corrected chi connectivity index (χ4v) is 4.76. The van der Waals surface area contributed by atoms with Gasteiger partial charge < -0.3 is 5.32 Å². The smallest absolute Gasteiger partial charge is 0.345 e. The van der Waals surface area contributed by atoms with Crippen LogP contribution in [0.2, 0.25) is 10.0 Å². The van der Waals surface area contributed by atoms with Crippen molar-refractivity contribution in [3.8, 4) is 5.69 Å². The van der Waals surface area contributed by atoms with Crippen molar-refractivity contribution in [2.24, 2.45) is 0 Å². The van der Waals surface area contributed by atoms with Crippen LogP contribution in [-0.4, -0.2) is 20.7 Å². The third-order valence-electron chi connectivity index (χ3n) is 5.32. The molecule has 1 N–H and O–H groups in total. The molecule has 0 bridgehead atoms. The van der Waals surface area contributed by atoms with Crippen LogP contribution in [0.1, 0.15) is 32.9 Å². The first-order valence-electron chi connectivity index (χ1n) is 11.0. The van der Waals surface area contributed by atoms with Gasteiger partial charge in [-0.15, -0.1) is 10.2 Å². The third kappa shape index (κ3) is 7.06. The number of alkyl halides is 6. The summed E-state index contributed by atoms with van der Waals surface area (Å²) in [6.07, 6.45) is -10.2. The van der Waals surface area contributed by atoms with E-state index in [-0.39, 0.29) is 16.9 Å². The molecular weight excluding hydrogens is 589 g/mol. The van der Waals surface area contributed by atoms with Crippen molar-refractivity contribution in [2.75, 3.05) is 0 Å². The van der Waals surface area contributed by atoms with Gasteiger partial charge in [-0.1, -0.05) is 65.3 Å². The van der Waals surface area contributed by atoms with Crippen molar-refractivity contribution in [1.29, 1.82) is 0 Å². The molecule has 204 valence electrons. The van der Waals surface area contributed by atoms with Crippen molar-refractivity contribution in [2.45, 2.75) is 29.8 Å². The second-order valence-corrected chi connectivity index (χ2v) is 9.87. The maximum atomic E-state index is 13.2. The molecule has 1 amide bonds. The number of nitrogens with zero attached hydrogens (tertiary/aromatic N) is 3. The van der Waals surface area contributed by atoms with Crippen LogP contribution in [-0.2, 0) is 24.7 Å². The van der Waals surface area contributed by atoms with Crippen LogP contribution >= 0.6 is 35.0 Å². The molecule has 3 aromatic carbocycles. The number of aromatic nitrogens is 3. The number of hydrogen-bond acceptors (Lipinski definition) is 4. The average molecular weight is 605 g/mol. The summed E-state index contributed by atoms with van der Waals surface area (Å²) in [6.45, 7) is -0.391. The van der Waals surface area contributed by atoms with Gasteiger partial charge in [0.15, 0.2) is 11.0 Å². The lowest BCUT2D eigenvalue weighted by atomic mass is 10.0. The Balaban J connectivity index is 1.65. The largest absolute Gasteiger partial charge is 0.416 e. The van der Waals surface area contributed by atoms with E-state index >= 15 is 0 Å². The molecule has 0 aliphatic rings. The van der Waals surface area contributed by atoms with E-state index in [1.165, 1.54) is 28.5 Å². The normalized spacial score (nSPS) is 12.0. The van der Waals surface area contributed by atoms with Crippen LogP contribution in [0.4, 0.5) is 26.3 Å². The second-order valence-electron chi connectivity index (χ2n) is 8.08. The SMILES string of the molecule is O=C(NCc1nnc(SCc2ccccc2)n1-c1cc(Cl)ccc1Cl)c1cc(C(F)(F)F)cc(C(F)(F)F)c1. The van der Waals surface area contributed by atoms with Crippen molar-refractivity contribution in [1.82, 2.24) is 20.1 Å². The van der Waals surface area contributed by atoms with Gasteiger partial charge in [0.2, 0.25) is 0 Å². The predicted molar refractivity (Wildman–Crippen MR) is 135 cm³/mol.